The average Bonchev–Trinajstić information content (AvgIpc) is 3.73. The highest BCUT2D eigenvalue weighted by atomic mass is 14.5. The van der Waals surface area contributed by atoms with Crippen LogP contribution in [0.4, 0.5) is 0 Å². The zero-order valence-corrected chi connectivity index (χ0v) is 30.1. The van der Waals surface area contributed by atoms with Gasteiger partial charge < -0.3 is 0 Å². The first kappa shape index (κ1) is 30.4. The summed E-state index contributed by atoms with van der Waals surface area (Å²) in [5.41, 5.74) is 18.0. The van der Waals surface area contributed by atoms with Crippen LogP contribution in [0.25, 0.3) is 88.0 Å². The van der Waals surface area contributed by atoms with E-state index in [4.69, 9.17) is 0 Å². The van der Waals surface area contributed by atoms with Crippen molar-refractivity contribution in [3.63, 3.8) is 0 Å². The van der Waals surface area contributed by atoms with E-state index in [0.717, 1.165) is 0 Å². The molecule has 0 unspecified atom stereocenters. The third-order valence-electron chi connectivity index (χ3n) is 12.4. The fourth-order valence-corrected chi connectivity index (χ4v) is 10.0. The van der Waals surface area contributed by atoms with E-state index in [1.54, 1.807) is 0 Å². The number of rotatable bonds is 3. The summed E-state index contributed by atoms with van der Waals surface area (Å²) in [6.45, 7) is 0. The van der Waals surface area contributed by atoms with Crippen molar-refractivity contribution < 1.29 is 0 Å². The van der Waals surface area contributed by atoms with Crippen LogP contribution in [0.5, 0.6) is 0 Å². The summed E-state index contributed by atoms with van der Waals surface area (Å²) in [4.78, 5) is 0. The minimum Gasteiger partial charge on any atom is -0.0622 e. The summed E-state index contributed by atoms with van der Waals surface area (Å²) in [6, 6.07) is 77.1. The van der Waals surface area contributed by atoms with Gasteiger partial charge in [0.2, 0.25) is 0 Å². The molecule has 0 saturated heterocycles. The van der Waals surface area contributed by atoms with Crippen molar-refractivity contribution in [2.75, 3.05) is 0 Å². The van der Waals surface area contributed by atoms with E-state index in [2.05, 4.69) is 206 Å². The van der Waals surface area contributed by atoms with E-state index >= 15 is 0 Å². The molecule has 0 heterocycles. The van der Waals surface area contributed by atoms with Crippen molar-refractivity contribution in [3.05, 3.63) is 229 Å². The van der Waals surface area contributed by atoms with E-state index in [1.165, 1.54) is 110 Å². The maximum atomic E-state index is 2.48. The van der Waals surface area contributed by atoms with Gasteiger partial charge in [-0.05, 0) is 141 Å². The van der Waals surface area contributed by atoms with Crippen LogP contribution < -0.4 is 0 Å². The summed E-state index contributed by atoms with van der Waals surface area (Å²) in [5.74, 6) is 0. The minimum absolute atomic E-state index is 0.342. The highest BCUT2D eigenvalue weighted by Gasteiger charge is 2.51. The Labute approximate surface area is 320 Å². The van der Waals surface area contributed by atoms with Gasteiger partial charge in [0.05, 0.1) is 5.41 Å². The van der Waals surface area contributed by atoms with Gasteiger partial charge in [0.25, 0.3) is 0 Å². The first-order valence-corrected chi connectivity index (χ1v) is 19.2. The molecule has 0 nitrogen and oxygen atoms in total. The monoisotopic (exact) mass is 694 g/mol. The van der Waals surface area contributed by atoms with Crippen LogP contribution in [0, 0.1) is 0 Å². The Balaban J connectivity index is 0.991. The van der Waals surface area contributed by atoms with Crippen molar-refractivity contribution in [1.82, 2.24) is 0 Å². The molecule has 0 aromatic heterocycles. The summed E-state index contributed by atoms with van der Waals surface area (Å²) < 4.78 is 0. The minimum atomic E-state index is -0.342. The molecule has 0 bridgehead atoms. The zero-order valence-electron chi connectivity index (χ0n) is 30.1. The number of hydrogen-bond acceptors (Lipinski definition) is 0. The maximum absolute atomic E-state index is 2.48. The molecule has 55 heavy (non-hydrogen) atoms. The zero-order chi connectivity index (χ0) is 36.1. The molecule has 10 aromatic rings. The van der Waals surface area contributed by atoms with Gasteiger partial charge in [-0.3, -0.25) is 0 Å². The van der Waals surface area contributed by atoms with Gasteiger partial charge >= 0.3 is 0 Å². The van der Waals surface area contributed by atoms with Crippen LogP contribution >= 0.6 is 0 Å². The third kappa shape index (κ3) is 4.28. The number of hydrogen-bond donors (Lipinski definition) is 0. The Kier molecular flexibility index (Phi) is 6.36. The predicted octanol–water partition coefficient (Wildman–Crippen LogP) is 14.5. The van der Waals surface area contributed by atoms with Crippen LogP contribution in [0.2, 0.25) is 0 Å². The fourth-order valence-electron chi connectivity index (χ4n) is 10.0. The van der Waals surface area contributed by atoms with Gasteiger partial charge in [-0.25, -0.2) is 0 Å². The van der Waals surface area contributed by atoms with E-state index in [1.807, 2.05) is 0 Å². The molecule has 0 amide bonds. The second kappa shape index (κ2) is 11.5. The first-order chi connectivity index (χ1) is 27.3. The SMILES string of the molecule is c1ccc(-c2cc3ccccc3cc2-c2ccc3c(ccc4cc(-c5ccc6c(c5)C5(c7ccccc7-c7ccccc75)c5ccccc5-6)ccc43)c2)cc1. The van der Waals surface area contributed by atoms with Gasteiger partial charge in [0.1, 0.15) is 0 Å². The highest BCUT2D eigenvalue weighted by molar-refractivity contribution is 6.10. The lowest BCUT2D eigenvalue weighted by Crippen LogP contribution is -2.25. The Morgan fingerprint density at radius 2 is 0.655 bits per heavy atom. The maximum Gasteiger partial charge on any atom is 0.0725 e. The molecule has 10 aromatic carbocycles. The smallest absolute Gasteiger partial charge is 0.0622 e. The van der Waals surface area contributed by atoms with E-state index in [9.17, 15) is 0 Å². The van der Waals surface area contributed by atoms with Crippen LogP contribution in [0.1, 0.15) is 22.3 Å². The van der Waals surface area contributed by atoms with Crippen molar-refractivity contribution >= 4 is 32.3 Å². The molecule has 0 saturated carbocycles. The van der Waals surface area contributed by atoms with Crippen molar-refractivity contribution in [2.24, 2.45) is 0 Å². The predicted molar refractivity (Wildman–Crippen MR) is 232 cm³/mol. The molecule has 254 valence electrons. The summed E-state index contributed by atoms with van der Waals surface area (Å²) >= 11 is 0. The van der Waals surface area contributed by atoms with Crippen LogP contribution in [-0.4, -0.2) is 0 Å². The molecule has 0 atom stereocenters. The fraction of sp³-hybridized carbons (Fsp3) is 0.0182. The van der Waals surface area contributed by atoms with Gasteiger partial charge in [-0.2, -0.15) is 0 Å². The van der Waals surface area contributed by atoms with Crippen molar-refractivity contribution in [3.8, 4) is 55.6 Å². The Bertz CT molecular complexity index is 3140. The van der Waals surface area contributed by atoms with E-state index in [0.29, 0.717) is 0 Å². The molecular weight excluding hydrogens is 661 g/mol. The molecule has 12 rings (SSSR count). The largest absolute Gasteiger partial charge is 0.0725 e. The standard InChI is InChI=1S/C55H34/c1-2-12-35(13-3-1)49-32-36-14-4-5-15-37(36)33-50(49)42-26-28-44-41(31-42)23-22-40-30-38(24-27-43(40)44)39-25-29-48-47-18-8-11-21-53(47)55(54(48)34-39)51-19-9-6-16-45(51)46-17-7-10-20-52(46)55/h1-34H. The Hall–Kier alpha value is -7.02. The molecule has 1 spiro atoms. The third-order valence-corrected chi connectivity index (χ3v) is 12.4. The average molecular weight is 695 g/mol. The molecule has 0 aliphatic heterocycles. The van der Waals surface area contributed by atoms with E-state index < -0.39 is 0 Å². The number of fused-ring (bicyclic) bond motifs is 14. The van der Waals surface area contributed by atoms with Crippen molar-refractivity contribution in [1.29, 1.82) is 0 Å². The number of benzene rings is 10. The molecule has 2 aliphatic rings. The van der Waals surface area contributed by atoms with E-state index in [-0.39, 0.29) is 5.41 Å². The lowest BCUT2D eigenvalue weighted by Gasteiger charge is -2.30. The van der Waals surface area contributed by atoms with Gasteiger partial charge in [0, 0.05) is 0 Å². The summed E-state index contributed by atoms with van der Waals surface area (Å²) in [6.07, 6.45) is 0. The second-order valence-corrected chi connectivity index (χ2v) is 15.2. The molecule has 0 fully saturated rings. The quantitative estimate of drug-likeness (QED) is 0.162. The molecule has 0 N–H and O–H groups in total. The van der Waals surface area contributed by atoms with Crippen LogP contribution in [0.15, 0.2) is 206 Å². The second-order valence-electron chi connectivity index (χ2n) is 15.2. The Morgan fingerprint density at radius 3 is 1.25 bits per heavy atom. The summed E-state index contributed by atoms with van der Waals surface area (Å²) in [7, 11) is 0. The van der Waals surface area contributed by atoms with Gasteiger partial charge in [0.15, 0.2) is 0 Å². The molecular formula is C55H34. The molecule has 0 heteroatoms. The first-order valence-electron chi connectivity index (χ1n) is 19.2. The van der Waals surface area contributed by atoms with Crippen LogP contribution in [-0.2, 0) is 5.41 Å². The van der Waals surface area contributed by atoms with Gasteiger partial charge in [-0.15, -0.1) is 0 Å². The normalized spacial score (nSPS) is 13.2. The summed E-state index contributed by atoms with van der Waals surface area (Å²) in [5, 5.41) is 7.57. The molecule has 2 aliphatic carbocycles. The van der Waals surface area contributed by atoms with Gasteiger partial charge in [-0.1, -0.05) is 176 Å². The molecule has 0 radical (unpaired) electrons. The topological polar surface area (TPSA) is 0 Å². The van der Waals surface area contributed by atoms with Crippen LogP contribution in [0.3, 0.4) is 0 Å². The lowest BCUT2D eigenvalue weighted by molar-refractivity contribution is 0.794. The van der Waals surface area contributed by atoms with Crippen molar-refractivity contribution in [2.45, 2.75) is 5.41 Å². The lowest BCUT2D eigenvalue weighted by atomic mass is 9.70. The highest BCUT2D eigenvalue weighted by Crippen LogP contribution is 2.63. The Morgan fingerprint density at radius 1 is 0.218 bits per heavy atom.